The number of likely N-dealkylation sites (N-methyl/N-ethyl adjacent to an activating group) is 1. The van der Waals surface area contributed by atoms with Gasteiger partial charge in [0, 0.05) is 14.1 Å². The van der Waals surface area contributed by atoms with E-state index in [9.17, 15) is 9.90 Å². The zero-order valence-electron chi connectivity index (χ0n) is 6.75. The first-order valence-corrected chi connectivity index (χ1v) is 2.97. The molecule has 0 unspecified atom stereocenters. The fourth-order valence-electron chi connectivity index (χ4n) is 0.309. The number of nitrogens with zero attached hydrogens (tertiary/aromatic N) is 1. The van der Waals surface area contributed by atoms with E-state index in [-0.39, 0.29) is 5.91 Å². The summed E-state index contributed by atoms with van der Waals surface area (Å²) in [4.78, 5) is 12.1. The predicted octanol–water partition coefficient (Wildman–Crippen LogP) is 0.148. The van der Waals surface area contributed by atoms with Crippen LogP contribution in [-0.2, 0) is 14.6 Å². The number of hydrogen-bond donors (Lipinski definition) is 0. The van der Waals surface area contributed by atoms with Gasteiger partial charge >= 0.3 is 5.95 Å². The quantitative estimate of drug-likeness (QED) is 0.324. The van der Waals surface area contributed by atoms with Crippen LogP contribution in [0.3, 0.4) is 0 Å². The number of amides is 1. The molecule has 0 spiro atoms. The standard InChI is InChI=1S/C7H10NO3/c1-8(2)6(9)4-5-7(10)11-3/h4H,1-3H3. The summed E-state index contributed by atoms with van der Waals surface area (Å²) < 4.78 is 4.23. The molecule has 0 rings (SSSR count). The number of methoxy groups -OCH3 is 1. The van der Waals surface area contributed by atoms with Gasteiger partial charge in [0.15, 0.2) is 0 Å². The Kier molecular flexibility index (Phi) is 3.85. The topological polar surface area (TPSA) is 49.4 Å². The Morgan fingerprint density at radius 3 is 2.45 bits per heavy atom. The molecule has 11 heavy (non-hydrogen) atoms. The van der Waals surface area contributed by atoms with Crippen molar-refractivity contribution in [2.45, 2.75) is 0 Å². The fraction of sp³-hybridized carbons (Fsp3) is 0.429. The first kappa shape index (κ1) is 9.59. The monoisotopic (exact) mass is 156 g/mol. The van der Waals surface area contributed by atoms with Crippen molar-refractivity contribution < 1.29 is 14.6 Å². The Balaban J connectivity index is 4.23. The van der Waals surface area contributed by atoms with Crippen LogP contribution in [0.2, 0.25) is 0 Å². The Morgan fingerprint density at radius 1 is 1.55 bits per heavy atom. The van der Waals surface area contributed by atoms with Crippen LogP contribution < -0.4 is 0 Å². The molecule has 0 fully saturated rings. The van der Waals surface area contributed by atoms with Gasteiger partial charge in [-0.05, 0) is 5.73 Å². The van der Waals surface area contributed by atoms with Crippen molar-refractivity contribution in [2.24, 2.45) is 0 Å². The van der Waals surface area contributed by atoms with Crippen molar-refractivity contribution in [1.29, 1.82) is 0 Å². The molecule has 0 aromatic carbocycles. The molecule has 4 heteroatoms. The molecule has 0 aromatic rings. The first-order valence-electron chi connectivity index (χ1n) is 2.97. The summed E-state index contributed by atoms with van der Waals surface area (Å²) in [6, 6.07) is 0. The van der Waals surface area contributed by atoms with E-state index >= 15 is 0 Å². The van der Waals surface area contributed by atoms with Crippen molar-refractivity contribution in [1.82, 2.24) is 4.90 Å². The summed E-state index contributed by atoms with van der Waals surface area (Å²) in [5.74, 6) is -0.949. The highest BCUT2D eigenvalue weighted by atomic mass is 16.6. The molecule has 0 N–H and O–H groups in total. The number of rotatable bonds is 2. The smallest absolute Gasteiger partial charge is 0.376 e. The zero-order valence-corrected chi connectivity index (χ0v) is 6.75. The van der Waals surface area contributed by atoms with Gasteiger partial charge in [0.05, 0.1) is 13.2 Å². The molecule has 0 bridgehead atoms. The molecule has 0 aliphatic heterocycles. The minimum Gasteiger partial charge on any atom is -0.460 e. The SMILES string of the molecule is COC([O])=C=CC(=O)N(C)C. The van der Waals surface area contributed by atoms with Crippen LogP contribution in [0.15, 0.2) is 17.8 Å². The van der Waals surface area contributed by atoms with E-state index < -0.39 is 5.95 Å². The van der Waals surface area contributed by atoms with Crippen molar-refractivity contribution >= 4 is 5.91 Å². The summed E-state index contributed by atoms with van der Waals surface area (Å²) >= 11 is 0. The van der Waals surface area contributed by atoms with Crippen LogP contribution in [0.25, 0.3) is 0 Å². The molecule has 0 heterocycles. The van der Waals surface area contributed by atoms with Crippen LogP contribution in [0.1, 0.15) is 0 Å². The zero-order chi connectivity index (χ0) is 8.85. The van der Waals surface area contributed by atoms with E-state index in [1.807, 2.05) is 0 Å². The van der Waals surface area contributed by atoms with Crippen molar-refractivity contribution in [3.8, 4) is 0 Å². The third-order valence-electron chi connectivity index (χ3n) is 0.940. The second-order valence-corrected chi connectivity index (χ2v) is 2.01. The van der Waals surface area contributed by atoms with Crippen molar-refractivity contribution in [3.63, 3.8) is 0 Å². The van der Waals surface area contributed by atoms with Crippen LogP contribution in [0.4, 0.5) is 0 Å². The van der Waals surface area contributed by atoms with Gasteiger partial charge in [-0.2, -0.15) is 0 Å². The van der Waals surface area contributed by atoms with Gasteiger partial charge < -0.3 is 9.64 Å². The average molecular weight is 156 g/mol. The lowest BCUT2D eigenvalue weighted by Gasteiger charge is -2.03. The summed E-state index contributed by atoms with van der Waals surface area (Å²) in [5.41, 5.74) is 2.14. The number of carbonyl (C=O) groups excluding carboxylic acids is 1. The van der Waals surface area contributed by atoms with Crippen LogP contribution >= 0.6 is 0 Å². The minimum absolute atomic E-state index is 0.296. The highest BCUT2D eigenvalue weighted by molar-refractivity contribution is 5.86. The highest BCUT2D eigenvalue weighted by Crippen LogP contribution is 1.86. The van der Waals surface area contributed by atoms with E-state index in [4.69, 9.17) is 0 Å². The molecule has 1 radical (unpaired) electrons. The van der Waals surface area contributed by atoms with E-state index in [1.54, 1.807) is 14.1 Å². The second-order valence-electron chi connectivity index (χ2n) is 2.01. The summed E-state index contributed by atoms with van der Waals surface area (Å²) in [6.07, 6.45) is 1.03. The minimum atomic E-state index is -0.653. The molecular weight excluding hydrogens is 146 g/mol. The van der Waals surface area contributed by atoms with Gasteiger partial charge in [0.1, 0.15) is 0 Å². The maximum absolute atomic E-state index is 10.8. The molecule has 1 amide bonds. The van der Waals surface area contributed by atoms with Gasteiger partial charge in [0.2, 0.25) is 0 Å². The van der Waals surface area contributed by atoms with Gasteiger partial charge in [-0.1, -0.05) is 0 Å². The lowest BCUT2D eigenvalue weighted by atomic mass is 10.5. The normalized spacial score (nSPS) is 7.91. The van der Waals surface area contributed by atoms with E-state index in [0.717, 1.165) is 6.08 Å². The van der Waals surface area contributed by atoms with Gasteiger partial charge in [-0.3, -0.25) is 4.79 Å². The van der Waals surface area contributed by atoms with Gasteiger partial charge in [-0.15, -0.1) is 0 Å². The largest absolute Gasteiger partial charge is 0.460 e. The summed E-state index contributed by atoms with van der Waals surface area (Å²) in [7, 11) is 4.39. The lowest BCUT2D eigenvalue weighted by Crippen LogP contribution is -2.18. The Hall–Kier alpha value is -1.41. The Labute approximate surface area is 65.4 Å². The van der Waals surface area contributed by atoms with Crippen LogP contribution in [0.5, 0.6) is 0 Å². The molecular formula is C7H10NO3. The average Bonchev–Trinajstić information content (AvgIpc) is 1.99. The van der Waals surface area contributed by atoms with Crippen molar-refractivity contribution in [3.05, 3.63) is 17.8 Å². The van der Waals surface area contributed by atoms with Gasteiger partial charge in [-0.25, -0.2) is 5.11 Å². The molecule has 0 saturated carbocycles. The molecule has 0 aliphatic rings. The highest BCUT2D eigenvalue weighted by Gasteiger charge is 1.96. The molecule has 61 valence electrons. The van der Waals surface area contributed by atoms with Gasteiger partial charge in [0.25, 0.3) is 5.91 Å². The maximum Gasteiger partial charge on any atom is 0.376 e. The number of carbonyl (C=O) groups is 1. The first-order chi connectivity index (χ1) is 5.07. The Bertz CT molecular complexity index is 202. The van der Waals surface area contributed by atoms with Crippen LogP contribution in [-0.4, -0.2) is 32.0 Å². The van der Waals surface area contributed by atoms with E-state index in [1.165, 1.54) is 12.0 Å². The molecule has 4 nitrogen and oxygen atoms in total. The van der Waals surface area contributed by atoms with E-state index in [2.05, 4.69) is 10.5 Å². The number of ether oxygens (including phenoxy) is 1. The summed E-state index contributed by atoms with van der Waals surface area (Å²) in [6.45, 7) is 0. The van der Waals surface area contributed by atoms with Crippen molar-refractivity contribution in [2.75, 3.05) is 21.2 Å². The summed E-state index contributed by atoms with van der Waals surface area (Å²) in [5, 5.41) is 10.4. The third kappa shape index (κ3) is 4.06. The Morgan fingerprint density at radius 2 is 2.09 bits per heavy atom. The molecule has 0 atom stereocenters. The predicted molar refractivity (Wildman–Crippen MR) is 38.0 cm³/mol. The molecule has 0 saturated heterocycles. The molecule has 0 aromatic heterocycles. The van der Waals surface area contributed by atoms with E-state index in [0.29, 0.717) is 0 Å². The maximum atomic E-state index is 10.8. The number of hydrogen-bond acceptors (Lipinski definition) is 2. The second kappa shape index (κ2) is 4.41. The van der Waals surface area contributed by atoms with Crippen LogP contribution in [0, 0.1) is 0 Å². The third-order valence-corrected chi connectivity index (χ3v) is 0.940. The fourth-order valence-corrected chi connectivity index (χ4v) is 0.309. The lowest BCUT2D eigenvalue weighted by molar-refractivity contribution is -0.123. The molecule has 0 aliphatic carbocycles.